The van der Waals surface area contributed by atoms with Gasteiger partial charge in [-0.05, 0) is 52.0 Å². The average molecular weight is 254 g/mol. The van der Waals surface area contributed by atoms with E-state index in [1.54, 1.807) is 0 Å². The molecule has 1 aliphatic heterocycles. The van der Waals surface area contributed by atoms with Crippen LogP contribution in [0.5, 0.6) is 0 Å². The summed E-state index contributed by atoms with van der Waals surface area (Å²) in [6.45, 7) is 7.15. The van der Waals surface area contributed by atoms with Crippen LogP contribution in [0.15, 0.2) is 0 Å². The molecule has 4 nitrogen and oxygen atoms in total. The molecule has 18 heavy (non-hydrogen) atoms. The first-order chi connectivity index (χ1) is 8.61. The summed E-state index contributed by atoms with van der Waals surface area (Å²) in [5, 5.41) is 9.66. The molecule has 1 amide bonds. The van der Waals surface area contributed by atoms with Crippen LogP contribution in [0.3, 0.4) is 0 Å². The number of hydrogen-bond acceptors (Lipinski definition) is 3. The molecule has 1 saturated carbocycles. The molecule has 2 atom stereocenters. The molecule has 0 spiro atoms. The lowest BCUT2D eigenvalue weighted by Crippen LogP contribution is -2.46. The highest BCUT2D eigenvalue weighted by Crippen LogP contribution is 2.27. The monoisotopic (exact) mass is 254 g/mol. The fraction of sp³-hybridized carbons (Fsp3) is 0.929. The van der Waals surface area contributed by atoms with Gasteiger partial charge in [0.15, 0.2) is 0 Å². The van der Waals surface area contributed by atoms with Crippen LogP contribution in [0.2, 0.25) is 0 Å². The third-order valence-corrected chi connectivity index (χ3v) is 4.23. The summed E-state index contributed by atoms with van der Waals surface area (Å²) in [5.41, 5.74) is 0. The van der Waals surface area contributed by atoms with E-state index in [9.17, 15) is 9.90 Å². The molecule has 0 bridgehead atoms. The van der Waals surface area contributed by atoms with Crippen molar-refractivity contribution in [2.75, 3.05) is 26.2 Å². The van der Waals surface area contributed by atoms with Crippen molar-refractivity contribution in [1.29, 1.82) is 0 Å². The molecule has 0 aromatic rings. The first kappa shape index (κ1) is 13.8. The zero-order valence-electron chi connectivity index (χ0n) is 11.6. The fourth-order valence-corrected chi connectivity index (χ4v) is 2.94. The number of piperidine rings is 1. The molecule has 0 aromatic heterocycles. The van der Waals surface area contributed by atoms with E-state index in [0.29, 0.717) is 18.5 Å². The number of aliphatic hydroxyl groups is 1. The second-order valence-corrected chi connectivity index (χ2v) is 5.79. The molecule has 0 aromatic carbocycles. The largest absolute Gasteiger partial charge is 0.393 e. The van der Waals surface area contributed by atoms with Gasteiger partial charge in [-0.15, -0.1) is 0 Å². The molecule has 104 valence electrons. The molecule has 1 aliphatic carbocycles. The highest BCUT2D eigenvalue weighted by molar-refractivity contribution is 5.78. The van der Waals surface area contributed by atoms with Gasteiger partial charge < -0.3 is 10.0 Å². The third-order valence-electron chi connectivity index (χ3n) is 4.23. The molecule has 1 heterocycles. The highest BCUT2D eigenvalue weighted by Gasteiger charge is 2.33. The number of hydrogen-bond donors (Lipinski definition) is 1. The minimum Gasteiger partial charge on any atom is -0.393 e. The fourth-order valence-electron chi connectivity index (χ4n) is 2.94. The predicted octanol–water partition coefficient (Wildman–Crippen LogP) is 1.09. The van der Waals surface area contributed by atoms with Crippen LogP contribution >= 0.6 is 0 Å². The van der Waals surface area contributed by atoms with Crippen LogP contribution in [-0.4, -0.2) is 59.1 Å². The number of carbonyl (C=O) groups is 1. The Morgan fingerprint density at radius 2 is 2.17 bits per heavy atom. The van der Waals surface area contributed by atoms with Crippen molar-refractivity contribution in [2.45, 2.75) is 51.7 Å². The number of aliphatic hydroxyl groups excluding tert-OH is 1. The van der Waals surface area contributed by atoms with Crippen LogP contribution in [0.1, 0.15) is 39.5 Å². The highest BCUT2D eigenvalue weighted by atomic mass is 16.3. The second kappa shape index (κ2) is 6.02. The van der Waals surface area contributed by atoms with E-state index in [1.807, 2.05) is 11.8 Å². The molecular weight excluding hydrogens is 228 g/mol. The normalized spacial score (nSPS) is 26.9. The topological polar surface area (TPSA) is 43.8 Å². The maximum Gasteiger partial charge on any atom is 0.236 e. The van der Waals surface area contributed by atoms with Gasteiger partial charge in [0, 0.05) is 19.1 Å². The smallest absolute Gasteiger partial charge is 0.236 e. The van der Waals surface area contributed by atoms with Crippen LogP contribution in [0, 0.1) is 5.92 Å². The van der Waals surface area contributed by atoms with Gasteiger partial charge in [-0.2, -0.15) is 0 Å². The van der Waals surface area contributed by atoms with Crippen molar-refractivity contribution in [1.82, 2.24) is 9.80 Å². The van der Waals surface area contributed by atoms with E-state index in [4.69, 9.17) is 0 Å². The Hall–Kier alpha value is -0.610. The summed E-state index contributed by atoms with van der Waals surface area (Å²) in [4.78, 5) is 16.5. The van der Waals surface area contributed by atoms with Crippen molar-refractivity contribution in [3.8, 4) is 0 Å². The molecule has 2 fully saturated rings. The summed E-state index contributed by atoms with van der Waals surface area (Å²) in [6.07, 6.45) is 4.28. The van der Waals surface area contributed by atoms with Crippen molar-refractivity contribution >= 4 is 5.91 Å². The van der Waals surface area contributed by atoms with Gasteiger partial charge >= 0.3 is 0 Å². The molecule has 2 rings (SSSR count). The Morgan fingerprint density at radius 1 is 1.44 bits per heavy atom. The molecule has 4 heteroatoms. The number of nitrogens with zero attached hydrogens (tertiary/aromatic N) is 2. The molecule has 0 radical (unpaired) electrons. The average Bonchev–Trinajstić information content (AvgIpc) is 3.14. The van der Waals surface area contributed by atoms with E-state index in [-0.39, 0.29) is 12.0 Å². The number of amides is 1. The summed E-state index contributed by atoms with van der Waals surface area (Å²) >= 11 is 0. The van der Waals surface area contributed by atoms with Crippen LogP contribution < -0.4 is 0 Å². The summed E-state index contributed by atoms with van der Waals surface area (Å²) in [5.74, 6) is 0.605. The maximum absolute atomic E-state index is 12.2. The minimum absolute atomic E-state index is 0.256. The lowest BCUT2D eigenvalue weighted by molar-refractivity contribution is -0.133. The first-order valence-electron chi connectivity index (χ1n) is 7.31. The maximum atomic E-state index is 12.2. The zero-order valence-corrected chi connectivity index (χ0v) is 11.6. The Labute approximate surface area is 110 Å². The van der Waals surface area contributed by atoms with Gasteiger partial charge in [-0.1, -0.05) is 0 Å². The SMILES string of the molecule is CCN(C(=O)CN1CCCC(C(C)O)C1)C1CC1. The van der Waals surface area contributed by atoms with E-state index in [1.165, 1.54) is 12.8 Å². The van der Waals surface area contributed by atoms with E-state index in [0.717, 1.165) is 32.5 Å². The first-order valence-corrected chi connectivity index (χ1v) is 7.31. The van der Waals surface area contributed by atoms with Crippen molar-refractivity contribution in [2.24, 2.45) is 5.92 Å². The lowest BCUT2D eigenvalue weighted by atomic mass is 9.93. The number of likely N-dealkylation sites (tertiary alicyclic amines) is 1. The van der Waals surface area contributed by atoms with Gasteiger partial charge in [-0.3, -0.25) is 9.69 Å². The third kappa shape index (κ3) is 3.45. The lowest BCUT2D eigenvalue weighted by Gasteiger charge is -2.34. The number of likely N-dealkylation sites (N-methyl/N-ethyl adjacent to an activating group) is 1. The Bertz CT molecular complexity index is 290. The van der Waals surface area contributed by atoms with Gasteiger partial charge in [-0.25, -0.2) is 0 Å². The van der Waals surface area contributed by atoms with Gasteiger partial charge in [0.2, 0.25) is 5.91 Å². The molecule has 1 N–H and O–H groups in total. The standard InChI is InChI=1S/C14H26N2O2/c1-3-16(13-6-7-13)14(18)10-15-8-4-5-12(9-15)11(2)17/h11-13,17H,3-10H2,1-2H3. The molecule has 2 aliphatic rings. The number of carbonyl (C=O) groups excluding carboxylic acids is 1. The van der Waals surface area contributed by atoms with Gasteiger partial charge in [0.1, 0.15) is 0 Å². The van der Waals surface area contributed by atoms with Crippen LogP contribution in [-0.2, 0) is 4.79 Å². The van der Waals surface area contributed by atoms with Crippen molar-refractivity contribution in [3.63, 3.8) is 0 Å². The summed E-state index contributed by atoms with van der Waals surface area (Å²) in [7, 11) is 0. The van der Waals surface area contributed by atoms with Crippen LogP contribution in [0.25, 0.3) is 0 Å². The van der Waals surface area contributed by atoms with Crippen molar-refractivity contribution in [3.05, 3.63) is 0 Å². The predicted molar refractivity (Wildman–Crippen MR) is 71.3 cm³/mol. The zero-order chi connectivity index (χ0) is 13.1. The van der Waals surface area contributed by atoms with Gasteiger partial charge in [0.05, 0.1) is 12.6 Å². The van der Waals surface area contributed by atoms with E-state index < -0.39 is 0 Å². The van der Waals surface area contributed by atoms with E-state index >= 15 is 0 Å². The molecule has 2 unspecified atom stereocenters. The summed E-state index contributed by atoms with van der Waals surface area (Å²) in [6, 6.07) is 0.514. The van der Waals surface area contributed by atoms with Gasteiger partial charge in [0.25, 0.3) is 0 Å². The van der Waals surface area contributed by atoms with Crippen LogP contribution in [0.4, 0.5) is 0 Å². The Morgan fingerprint density at radius 3 is 2.72 bits per heavy atom. The molecular formula is C14H26N2O2. The second-order valence-electron chi connectivity index (χ2n) is 5.79. The Balaban J connectivity index is 1.82. The minimum atomic E-state index is -0.256. The number of rotatable bonds is 5. The quantitative estimate of drug-likeness (QED) is 0.799. The van der Waals surface area contributed by atoms with Crippen molar-refractivity contribution < 1.29 is 9.90 Å². The molecule has 1 saturated heterocycles. The van der Waals surface area contributed by atoms with E-state index in [2.05, 4.69) is 11.8 Å². The Kier molecular flexibility index (Phi) is 4.62. The summed E-state index contributed by atoms with van der Waals surface area (Å²) < 4.78 is 0.